The highest BCUT2D eigenvalue weighted by molar-refractivity contribution is 6.04. The first-order valence-corrected chi connectivity index (χ1v) is 16.6. The molecule has 10 heteroatoms. The van der Waals surface area contributed by atoms with E-state index in [-0.39, 0.29) is 56.7 Å². The van der Waals surface area contributed by atoms with Crippen LogP contribution in [0.3, 0.4) is 0 Å². The summed E-state index contributed by atoms with van der Waals surface area (Å²) in [5, 5.41) is 14.9. The molecule has 2 bridgehead atoms. The number of piperidine rings is 1. The summed E-state index contributed by atoms with van der Waals surface area (Å²) < 4.78 is 54.5. The maximum absolute atomic E-state index is 16.9. The number of ether oxygens (including phenoxy) is 1. The Morgan fingerprint density at radius 1 is 1.04 bits per heavy atom. The summed E-state index contributed by atoms with van der Waals surface area (Å²) in [5.74, 6) is 0.365. The molecule has 4 aliphatic rings. The predicted octanol–water partition coefficient (Wildman–Crippen LogP) is 6.38. The average Bonchev–Trinajstić information content (AvgIpc) is 3.85. The van der Waals surface area contributed by atoms with E-state index in [0.29, 0.717) is 42.9 Å². The minimum atomic E-state index is -0.956. The maximum Gasteiger partial charge on any atom is 0.319 e. The molecule has 0 unspecified atom stereocenters. The summed E-state index contributed by atoms with van der Waals surface area (Å²) in [6, 6.07) is 7.61. The van der Waals surface area contributed by atoms with Crippen molar-refractivity contribution in [3.05, 3.63) is 53.3 Å². The van der Waals surface area contributed by atoms with Gasteiger partial charge in [-0.1, -0.05) is 25.8 Å². The Balaban J connectivity index is 1.27. The molecule has 4 atom stereocenters. The molecule has 4 aromatic rings. The van der Waals surface area contributed by atoms with E-state index < -0.39 is 23.0 Å². The molecule has 7 nitrogen and oxygen atoms in total. The van der Waals surface area contributed by atoms with Gasteiger partial charge in [-0.15, -0.1) is 6.42 Å². The normalized spacial score (nSPS) is 26.2. The molecule has 4 heterocycles. The zero-order valence-electron chi connectivity index (χ0n) is 26.6. The number of likely N-dealkylation sites (tertiary alicyclic amines) is 1. The highest BCUT2D eigenvalue weighted by Crippen LogP contribution is 2.43. The molecule has 4 fully saturated rings. The minimum Gasteiger partial charge on any atom is -0.508 e. The lowest BCUT2D eigenvalue weighted by atomic mass is 9.74. The quantitative estimate of drug-likeness (QED) is 0.237. The van der Waals surface area contributed by atoms with Gasteiger partial charge in [0.15, 0.2) is 5.82 Å². The van der Waals surface area contributed by atoms with Crippen molar-refractivity contribution in [2.24, 2.45) is 11.3 Å². The molecule has 3 aromatic carbocycles. The molecule has 2 N–H and O–H groups in total. The Morgan fingerprint density at radius 2 is 1.81 bits per heavy atom. The number of hydrogen-bond donors (Lipinski definition) is 2. The van der Waals surface area contributed by atoms with Crippen LogP contribution in [0, 0.1) is 41.1 Å². The van der Waals surface area contributed by atoms with Gasteiger partial charge in [-0.05, 0) is 74.2 Å². The number of halogens is 3. The largest absolute Gasteiger partial charge is 0.508 e. The molecule has 0 spiro atoms. The SMILES string of the molecule is C#Cc1c(F)ccc2cc(O)cc(-c3c(F)cc4c(N5C[C@H]6CC[C@@H](C5)N6)nc(OC[C@@]5(C)CN(C6CC6)CC[C@H]5C)nc4c3F)c12. The molecule has 3 saturated heterocycles. The molecular formula is C37H38F3N5O2. The topological polar surface area (TPSA) is 73.8 Å². The lowest BCUT2D eigenvalue weighted by Crippen LogP contribution is -2.51. The van der Waals surface area contributed by atoms with E-state index in [1.54, 1.807) is 0 Å². The van der Waals surface area contributed by atoms with Crippen LogP contribution >= 0.6 is 0 Å². The van der Waals surface area contributed by atoms with Crippen molar-refractivity contribution < 1.29 is 23.0 Å². The van der Waals surface area contributed by atoms with Gasteiger partial charge in [0.1, 0.15) is 28.7 Å². The number of nitrogens with one attached hydrogen (secondary N) is 1. The van der Waals surface area contributed by atoms with E-state index in [9.17, 15) is 9.50 Å². The van der Waals surface area contributed by atoms with E-state index in [2.05, 4.69) is 39.9 Å². The number of anilines is 1. The van der Waals surface area contributed by atoms with Crippen molar-refractivity contribution in [3.8, 4) is 35.2 Å². The van der Waals surface area contributed by atoms with Gasteiger partial charge in [-0.2, -0.15) is 9.97 Å². The molecule has 244 valence electrons. The van der Waals surface area contributed by atoms with Crippen molar-refractivity contribution in [2.75, 3.05) is 37.7 Å². The number of aromatic nitrogens is 2. The Morgan fingerprint density at radius 3 is 2.53 bits per heavy atom. The Hall–Kier alpha value is -4.07. The zero-order valence-corrected chi connectivity index (χ0v) is 26.6. The van der Waals surface area contributed by atoms with Crippen LogP contribution < -0.4 is 15.0 Å². The molecule has 47 heavy (non-hydrogen) atoms. The highest BCUT2D eigenvalue weighted by Gasteiger charge is 2.43. The van der Waals surface area contributed by atoms with Gasteiger partial charge in [-0.25, -0.2) is 13.2 Å². The fourth-order valence-electron chi connectivity index (χ4n) is 8.02. The van der Waals surface area contributed by atoms with E-state index in [4.69, 9.17) is 16.1 Å². The monoisotopic (exact) mass is 641 g/mol. The lowest BCUT2D eigenvalue weighted by Gasteiger charge is -2.45. The molecule has 1 saturated carbocycles. The fraction of sp³-hybridized carbons (Fsp3) is 0.459. The first kappa shape index (κ1) is 30.3. The number of phenolic OH excluding ortho intramolecular Hbond substituents is 1. The van der Waals surface area contributed by atoms with Gasteiger partial charge >= 0.3 is 6.01 Å². The second-order valence-electron chi connectivity index (χ2n) is 14.3. The smallest absolute Gasteiger partial charge is 0.319 e. The molecular weight excluding hydrogens is 603 g/mol. The number of benzene rings is 3. The Kier molecular flexibility index (Phi) is 7.26. The summed E-state index contributed by atoms with van der Waals surface area (Å²) in [6.07, 6.45) is 11.2. The Bertz CT molecular complexity index is 1950. The van der Waals surface area contributed by atoms with Gasteiger partial charge in [0.2, 0.25) is 0 Å². The van der Waals surface area contributed by atoms with Gasteiger partial charge in [0.25, 0.3) is 0 Å². The average molecular weight is 642 g/mol. The van der Waals surface area contributed by atoms with Crippen molar-refractivity contribution >= 4 is 27.5 Å². The van der Waals surface area contributed by atoms with E-state index in [0.717, 1.165) is 32.4 Å². The van der Waals surface area contributed by atoms with E-state index in [1.165, 1.54) is 43.2 Å². The third kappa shape index (κ3) is 5.24. The molecule has 0 radical (unpaired) electrons. The number of terminal acetylenes is 1. The van der Waals surface area contributed by atoms with Crippen LogP contribution in [0.1, 0.15) is 51.5 Å². The van der Waals surface area contributed by atoms with Crippen LogP contribution in [0.25, 0.3) is 32.8 Å². The summed E-state index contributed by atoms with van der Waals surface area (Å²) in [7, 11) is 0. The number of hydrogen-bond acceptors (Lipinski definition) is 7. The molecule has 1 aliphatic carbocycles. The first-order chi connectivity index (χ1) is 22.6. The molecule has 3 aliphatic heterocycles. The minimum absolute atomic E-state index is 0.0305. The van der Waals surface area contributed by atoms with Gasteiger partial charge in [0, 0.05) is 59.5 Å². The van der Waals surface area contributed by atoms with Crippen LogP contribution in [-0.4, -0.2) is 70.9 Å². The third-order valence-corrected chi connectivity index (χ3v) is 11.0. The lowest BCUT2D eigenvalue weighted by molar-refractivity contribution is 0.00500. The molecule has 8 rings (SSSR count). The number of fused-ring (bicyclic) bond motifs is 4. The van der Waals surface area contributed by atoms with Crippen LogP contribution in [0.2, 0.25) is 0 Å². The van der Waals surface area contributed by atoms with Crippen molar-refractivity contribution in [2.45, 2.75) is 64.1 Å². The van der Waals surface area contributed by atoms with Gasteiger partial charge < -0.3 is 20.1 Å². The third-order valence-electron chi connectivity index (χ3n) is 11.0. The second-order valence-corrected chi connectivity index (χ2v) is 14.3. The number of phenols is 1. The summed E-state index contributed by atoms with van der Waals surface area (Å²) >= 11 is 0. The summed E-state index contributed by atoms with van der Waals surface area (Å²) in [4.78, 5) is 14.0. The van der Waals surface area contributed by atoms with Crippen molar-refractivity contribution in [1.82, 2.24) is 20.2 Å². The molecule has 0 amide bonds. The van der Waals surface area contributed by atoms with Crippen LogP contribution in [0.15, 0.2) is 30.3 Å². The standard InChI is InChI=1S/C37H38F3N5O2/c1-4-26-29(38)10-5-21-13-25(46)14-27(31(21)26)32-30(39)15-28-34(33(32)40)42-36(43-35(28)45-16-22-6-7-23(17-45)41-22)47-19-37(3)18-44(24-8-9-24)12-11-20(37)2/h1,5,10,13-15,20,22-24,41,46H,6-9,11-12,16-19H2,2-3H3/t20-,22-,23+,37-/m1/s1. The predicted molar refractivity (Wildman–Crippen MR) is 176 cm³/mol. The van der Waals surface area contributed by atoms with Gasteiger partial charge in [0.05, 0.1) is 17.7 Å². The van der Waals surface area contributed by atoms with Crippen molar-refractivity contribution in [1.29, 1.82) is 0 Å². The summed E-state index contributed by atoms with van der Waals surface area (Å²) in [5.41, 5.74) is -0.921. The zero-order chi connectivity index (χ0) is 32.6. The Labute approximate surface area is 272 Å². The highest BCUT2D eigenvalue weighted by atomic mass is 19.1. The first-order valence-electron chi connectivity index (χ1n) is 16.6. The fourth-order valence-corrected chi connectivity index (χ4v) is 8.02. The second kappa shape index (κ2) is 11.3. The maximum atomic E-state index is 16.9. The number of nitrogens with zero attached hydrogens (tertiary/aromatic N) is 4. The van der Waals surface area contributed by atoms with Crippen LogP contribution in [0.5, 0.6) is 11.8 Å². The van der Waals surface area contributed by atoms with E-state index in [1.807, 2.05) is 0 Å². The number of piperazine rings is 1. The van der Waals surface area contributed by atoms with Crippen LogP contribution in [-0.2, 0) is 0 Å². The molecule has 1 aromatic heterocycles. The van der Waals surface area contributed by atoms with Gasteiger partial charge in [-0.3, -0.25) is 4.90 Å². The number of aromatic hydroxyl groups is 1. The van der Waals surface area contributed by atoms with Crippen LogP contribution in [0.4, 0.5) is 19.0 Å². The number of rotatable bonds is 6. The van der Waals surface area contributed by atoms with Crippen molar-refractivity contribution in [3.63, 3.8) is 0 Å². The van der Waals surface area contributed by atoms with E-state index >= 15 is 8.78 Å². The summed E-state index contributed by atoms with van der Waals surface area (Å²) in [6.45, 7) is 8.09.